The minimum atomic E-state index is -4.24. The molecule has 1 N–H and O–H groups in total. The molecule has 8 nitrogen and oxygen atoms in total. The first-order valence-electron chi connectivity index (χ1n) is 16.9. The summed E-state index contributed by atoms with van der Waals surface area (Å²) in [4.78, 5) is 30.2. The lowest BCUT2D eigenvalue weighted by Crippen LogP contribution is -2.53. The van der Waals surface area contributed by atoms with E-state index in [9.17, 15) is 18.0 Å². The number of amides is 2. The molecule has 0 spiro atoms. The Morgan fingerprint density at radius 1 is 0.784 bits per heavy atom. The molecular formula is C41H42BrN3O5S. The third-order valence-electron chi connectivity index (χ3n) is 8.33. The van der Waals surface area contributed by atoms with Gasteiger partial charge in [-0.2, -0.15) is 0 Å². The van der Waals surface area contributed by atoms with Gasteiger partial charge in [0.2, 0.25) is 11.8 Å². The fourth-order valence-electron chi connectivity index (χ4n) is 5.56. The summed E-state index contributed by atoms with van der Waals surface area (Å²) in [6, 6.07) is 38.5. The van der Waals surface area contributed by atoms with Crippen LogP contribution in [0.25, 0.3) is 0 Å². The second kappa shape index (κ2) is 17.8. The molecule has 0 aliphatic heterocycles. The summed E-state index contributed by atoms with van der Waals surface area (Å²) in [7, 11) is -4.24. The zero-order valence-corrected chi connectivity index (χ0v) is 31.1. The van der Waals surface area contributed by atoms with E-state index >= 15 is 0 Å². The molecule has 0 aromatic heterocycles. The summed E-state index contributed by atoms with van der Waals surface area (Å²) in [5.74, 6) is 0.314. The van der Waals surface area contributed by atoms with Gasteiger partial charge in [0.25, 0.3) is 10.0 Å². The molecule has 0 saturated heterocycles. The van der Waals surface area contributed by atoms with Crippen LogP contribution in [0.3, 0.4) is 0 Å². The first-order valence-corrected chi connectivity index (χ1v) is 19.2. The van der Waals surface area contributed by atoms with Crippen molar-refractivity contribution in [1.29, 1.82) is 0 Å². The first-order chi connectivity index (χ1) is 24.6. The second-order valence-electron chi connectivity index (χ2n) is 12.2. The molecule has 10 heteroatoms. The van der Waals surface area contributed by atoms with Crippen LogP contribution < -0.4 is 14.4 Å². The number of carbonyl (C=O) groups excluding carboxylic acids is 2. The quantitative estimate of drug-likeness (QED) is 0.102. The van der Waals surface area contributed by atoms with Gasteiger partial charge in [0.15, 0.2) is 0 Å². The lowest BCUT2D eigenvalue weighted by molar-refractivity contribution is -0.140. The van der Waals surface area contributed by atoms with Gasteiger partial charge in [0.05, 0.1) is 10.6 Å². The summed E-state index contributed by atoms with van der Waals surface area (Å²) in [5, 5.41) is 3.02. The van der Waals surface area contributed by atoms with E-state index in [2.05, 4.69) is 21.2 Å². The summed E-state index contributed by atoms with van der Waals surface area (Å²) < 4.78 is 36.7. The molecule has 0 fully saturated rings. The molecule has 0 aliphatic rings. The number of nitrogens with zero attached hydrogens (tertiary/aromatic N) is 2. The number of halogens is 1. The predicted octanol–water partition coefficient (Wildman–Crippen LogP) is 8.30. The lowest BCUT2D eigenvalue weighted by Gasteiger charge is -2.34. The van der Waals surface area contributed by atoms with E-state index < -0.39 is 28.5 Å². The Hall–Kier alpha value is -4.93. The number of carbonyl (C=O) groups is 2. The molecule has 0 unspecified atom stereocenters. The van der Waals surface area contributed by atoms with Gasteiger partial charge in [0.1, 0.15) is 24.1 Å². The maximum absolute atomic E-state index is 14.7. The molecule has 0 bridgehead atoms. The topological polar surface area (TPSA) is 96.0 Å². The van der Waals surface area contributed by atoms with Crippen LogP contribution in [0.1, 0.15) is 36.5 Å². The van der Waals surface area contributed by atoms with Crippen molar-refractivity contribution in [3.63, 3.8) is 0 Å². The molecule has 1 atom stereocenters. The summed E-state index contributed by atoms with van der Waals surface area (Å²) >= 11 is 3.52. The Morgan fingerprint density at radius 3 is 2.06 bits per heavy atom. The third-order valence-corrected chi connectivity index (χ3v) is 10.6. The molecule has 2 amide bonds. The van der Waals surface area contributed by atoms with Crippen molar-refractivity contribution in [1.82, 2.24) is 10.2 Å². The number of para-hydroxylation sites is 1. The highest BCUT2D eigenvalue weighted by molar-refractivity contribution is 9.10. The van der Waals surface area contributed by atoms with E-state index in [4.69, 9.17) is 4.74 Å². The van der Waals surface area contributed by atoms with Gasteiger partial charge in [-0.25, -0.2) is 8.42 Å². The van der Waals surface area contributed by atoms with Crippen LogP contribution >= 0.6 is 15.9 Å². The van der Waals surface area contributed by atoms with Gasteiger partial charge in [-0.1, -0.05) is 108 Å². The zero-order valence-electron chi connectivity index (χ0n) is 28.7. The van der Waals surface area contributed by atoms with Gasteiger partial charge in [0, 0.05) is 24.0 Å². The van der Waals surface area contributed by atoms with E-state index in [1.54, 1.807) is 36.4 Å². The minimum Gasteiger partial charge on any atom is -0.457 e. The van der Waals surface area contributed by atoms with E-state index in [-0.39, 0.29) is 29.5 Å². The zero-order chi connectivity index (χ0) is 36.2. The van der Waals surface area contributed by atoms with Crippen LogP contribution in [-0.2, 0) is 32.6 Å². The average Bonchev–Trinajstić information content (AvgIpc) is 3.13. The van der Waals surface area contributed by atoms with E-state index in [0.29, 0.717) is 18.0 Å². The van der Waals surface area contributed by atoms with Crippen LogP contribution in [-0.4, -0.2) is 44.3 Å². The Bertz CT molecular complexity index is 1990. The Balaban J connectivity index is 1.55. The molecule has 0 heterocycles. The Kier molecular flexibility index (Phi) is 13.0. The first kappa shape index (κ1) is 37.3. The monoisotopic (exact) mass is 767 g/mol. The molecule has 5 aromatic carbocycles. The lowest BCUT2D eigenvalue weighted by atomic mass is 10.0. The number of rotatable bonds is 16. The molecule has 0 radical (unpaired) electrons. The van der Waals surface area contributed by atoms with Gasteiger partial charge in [-0.15, -0.1) is 0 Å². The molecule has 0 saturated carbocycles. The molecule has 5 rings (SSSR count). The molecule has 5 aromatic rings. The van der Waals surface area contributed by atoms with Crippen molar-refractivity contribution in [3.05, 3.63) is 155 Å². The van der Waals surface area contributed by atoms with Gasteiger partial charge >= 0.3 is 0 Å². The number of hydrogen-bond donors (Lipinski definition) is 1. The van der Waals surface area contributed by atoms with Crippen molar-refractivity contribution >= 4 is 43.5 Å². The number of aryl methyl sites for hydroxylation is 1. The van der Waals surface area contributed by atoms with Crippen LogP contribution in [0, 0.1) is 6.92 Å². The van der Waals surface area contributed by atoms with Crippen LogP contribution in [0.4, 0.5) is 5.69 Å². The molecular weight excluding hydrogens is 726 g/mol. The summed E-state index contributed by atoms with van der Waals surface area (Å²) in [6.45, 7) is 3.92. The standard InChI is InChI=1S/C41H42BrN3O5S/c1-3-4-26-43-41(47)39(28-32-12-7-5-8-13-32)44(29-33-14-11-15-34(42)27-33)40(46)30-45(51(48,49)38-24-18-31(2)19-25-38)35-20-22-37(23-21-35)50-36-16-9-6-10-17-36/h5-25,27,39H,3-4,26,28-30H2,1-2H3,(H,43,47)/t39-/m1/s1. The summed E-state index contributed by atoms with van der Waals surface area (Å²) in [6.07, 6.45) is 1.93. The summed E-state index contributed by atoms with van der Waals surface area (Å²) in [5.41, 5.74) is 2.83. The maximum Gasteiger partial charge on any atom is 0.264 e. The number of hydrogen-bond acceptors (Lipinski definition) is 5. The maximum atomic E-state index is 14.7. The number of benzene rings is 5. The smallest absolute Gasteiger partial charge is 0.264 e. The number of unbranched alkanes of at least 4 members (excludes halogenated alkanes) is 1. The van der Waals surface area contributed by atoms with Gasteiger partial charge < -0.3 is 15.0 Å². The van der Waals surface area contributed by atoms with Gasteiger partial charge in [-0.05, 0) is 85.1 Å². The highest BCUT2D eigenvalue weighted by Gasteiger charge is 2.34. The average molecular weight is 769 g/mol. The number of nitrogens with one attached hydrogen (secondary N) is 1. The molecule has 51 heavy (non-hydrogen) atoms. The SMILES string of the molecule is CCCCNC(=O)[C@@H](Cc1ccccc1)N(Cc1cccc(Br)c1)C(=O)CN(c1ccc(Oc2ccccc2)cc1)S(=O)(=O)c1ccc(C)cc1. The van der Waals surface area contributed by atoms with Gasteiger partial charge in [-0.3, -0.25) is 13.9 Å². The third kappa shape index (κ3) is 10.3. The van der Waals surface area contributed by atoms with Crippen molar-refractivity contribution in [2.24, 2.45) is 0 Å². The van der Waals surface area contributed by atoms with E-state index in [0.717, 1.165) is 38.3 Å². The molecule has 0 aliphatic carbocycles. The number of anilines is 1. The van der Waals surface area contributed by atoms with Crippen molar-refractivity contribution in [2.45, 2.75) is 50.6 Å². The van der Waals surface area contributed by atoms with Crippen LogP contribution in [0.2, 0.25) is 0 Å². The largest absolute Gasteiger partial charge is 0.457 e. The molecule has 264 valence electrons. The fraction of sp³-hybridized carbons (Fsp3) is 0.220. The fourth-order valence-corrected chi connectivity index (χ4v) is 7.42. The Labute approximate surface area is 309 Å². The van der Waals surface area contributed by atoms with E-state index in [1.165, 1.54) is 17.0 Å². The highest BCUT2D eigenvalue weighted by Crippen LogP contribution is 2.29. The Morgan fingerprint density at radius 2 is 1.41 bits per heavy atom. The number of ether oxygens (including phenoxy) is 1. The van der Waals surface area contributed by atoms with Crippen LogP contribution in [0.5, 0.6) is 11.5 Å². The van der Waals surface area contributed by atoms with Crippen molar-refractivity contribution in [3.8, 4) is 11.5 Å². The number of sulfonamides is 1. The minimum absolute atomic E-state index is 0.0437. The van der Waals surface area contributed by atoms with Crippen LogP contribution in [0.15, 0.2) is 143 Å². The van der Waals surface area contributed by atoms with Crippen molar-refractivity contribution < 1.29 is 22.7 Å². The highest BCUT2D eigenvalue weighted by atomic mass is 79.9. The van der Waals surface area contributed by atoms with E-state index in [1.807, 2.05) is 98.8 Å². The predicted molar refractivity (Wildman–Crippen MR) is 205 cm³/mol. The normalized spacial score (nSPS) is 11.7. The second-order valence-corrected chi connectivity index (χ2v) is 15.0. The van der Waals surface area contributed by atoms with Crippen molar-refractivity contribution in [2.75, 3.05) is 17.4 Å².